The van der Waals surface area contributed by atoms with Crippen LogP contribution in [0.1, 0.15) is 58.3 Å². The van der Waals surface area contributed by atoms with E-state index in [-0.39, 0.29) is 5.91 Å². The first kappa shape index (κ1) is 16.0. The minimum Gasteiger partial charge on any atom is -0.326 e. The fourth-order valence-electron chi connectivity index (χ4n) is 2.03. The number of hydrogen-bond donors (Lipinski definition) is 1. The van der Waals surface area contributed by atoms with Gasteiger partial charge in [0, 0.05) is 17.1 Å². The second-order valence-electron chi connectivity index (χ2n) is 4.93. The van der Waals surface area contributed by atoms with Crippen LogP contribution in [-0.4, -0.2) is 5.91 Å². The second-order valence-corrected chi connectivity index (χ2v) is 5.37. The van der Waals surface area contributed by atoms with E-state index in [0.29, 0.717) is 11.4 Å². The van der Waals surface area contributed by atoms with Crippen molar-refractivity contribution in [3.05, 3.63) is 29.3 Å². The lowest BCUT2D eigenvalue weighted by Crippen LogP contribution is -2.10. The summed E-state index contributed by atoms with van der Waals surface area (Å²) in [6.07, 6.45) is 9.18. The summed E-state index contributed by atoms with van der Waals surface area (Å²) in [4.78, 5) is 11.7. The molecule has 19 heavy (non-hydrogen) atoms. The van der Waals surface area contributed by atoms with Gasteiger partial charge in [0.25, 0.3) is 0 Å². The van der Waals surface area contributed by atoms with Gasteiger partial charge in [-0.25, -0.2) is 0 Å². The molecule has 1 amide bonds. The van der Waals surface area contributed by atoms with E-state index in [1.54, 1.807) is 12.1 Å². The average Bonchev–Trinajstić information content (AvgIpc) is 2.37. The fraction of sp³-hybridized carbons (Fsp3) is 0.562. The third-order valence-electron chi connectivity index (χ3n) is 3.12. The van der Waals surface area contributed by atoms with Gasteiger partial charge >= 0.3 is 0 Å². The van der Waals surface area contributed by atoms with Crippen LogP contribution >= 0.6 is 11.6 Å². The predicted octanol–water partition coefficient (Wildman–Crippen LogP) is 5.42. The number of hydrogen-bond acceptors (Lipinski definition) is 1. The van der Waals surface area contributed by atoms with Gasteiger partial charge in [-0.2, -0.15) is 0 Å². The summed E-state index contributed by atoms with van der Waals surface area (Å²) < 4.78 is 0. The number of unbranched alkanes of at least 4 members (excludes halogenated alkanes) is 6. The van der Waals surface area contributed by atoms with Crippen molar-refractivity contribution < 1.29 is 4.79 Å². The SMILES string of the molecule is CCCCCCCCCC(=O)Nc1cccc(Cl)c1. The number of halogens is 1. The molecule has 0 aromatic heterocycles. The van der Waals surface area contributed by atoms with Crippen molar-refractivity contribution in [1.29, 1.82) is 0 Å². The van der Waals surface area contributed by atoms with E-state index < -0.39 is 0 Å². The lowest BCUT2D eigenvalue weighted by atomic mass is 10.1. The van der Waals surface area contributed by atoms with Gasteiger partial charge in [-0.15, -0.1) is 0 Å². The molecule has 0 radical (unpaired) electrons. The summed E-state index contributed by atoms with van der Waals surface area (Å²) in [5, 5.41) is 3.52. The van der Waals surface area contributed by atoms with Gasteiger partial charge in [0.2, 0.25) is 5.91 Å². The number of rotatable bonds is 9. The van der Waals surface area contributed by atoms with Crippen molar-refractivity contribution in [1.82, 2.24) is 0 Å². The van der Waals surface area contributed by atoms with Crippen molar-refractivity contribution >= 4 is 23.2 Å². The number of carbonyl (C=O) groups excluding carboxylic acids is 1. The third kappa shape index (κ3) is 7.89. The smallest absolute Gasteiger partial charge is 0.224 e. The quantitative estimate of drug-likeness (QED) is 0.602. The lowest BCUT2D eigenvalue weighted by molar-refractivity contribution is -0.116. The van der Waals surface area contributed by atoms with Crippen LogP contribution in [0.3, 0.4) is 0 Å². The largest absolute Gasteiger partial charge is 0.326 e. The summed E-state index contributed by atoms with van der Waals surface area (Å²) in [5.74, 6) is 0.0795. The molecule has 3 heteroatoms. The van der Waals surface area contributed by atoms with Gasteiger partial charge in [0.15, 0.2) is 0 Å². The molecule has 0 atom stereocenters. The third-order valence-corrected chi connectivity index (χ3v) is 3.35. The van der Waals surface area contributed by atoms with E-state index in [1.165, 1.54) is 32.1 Å². The summed E-state index contributed by atoms with van der Waals surface area (Å²) in [6.45, 7) is 2.22. The van der Waals surface area contributed by atoms with Gasteiger partial charge in [0.05, 0.1) is 0 Å². The molecule has 0 unspecified atom stereocenters. The fourth-order valence-corrected chi connectivity index (χ4v) is 2.22. The zero-order valence-electron chi connectivity index (χ0n) is 11.8. The molecule has 0 bridgehead atoms. The van der Waals surface area contributed by atoms with Crippen LogP contribution in [0.25, 0.3) is 0 Å². The van der Waals surface area contributed by atoms with Gasteiger partial charge in [-0.05, 0) is 24.6 Å². The summed E-state index contributed by atoms with van der Waals surface area (Å²) in [6, 6.07) is 7.26. The minimum absolute atomic E-state index is 0.0795. The predicted molar refractivity (Wildman–Crippen MR) is 82.7 cm³/mol. The Kier molecular flexibility index (Phi) is 8.31. The van der Waals surface area contributed by atoms with Crippen LogP contribution in [-0.2, 0) is 4.79 Å². The van der Waals surface area contributed by atoms with Crippen LogP contribution in [0.4, 0.5) is 5.69 Å². The van der Waals surface area contributed by atoms with E-state index in [0.717, 1.165) is 18.5 Å². The standard InChI is InChI=1S/C16H24ClNO/c1-2-3-4-5-6-7-8-12-16(19)18-15-11-9-10-14(17)13-15/h9-11,13H,2-8,12H2,1H3,(H,18,19). The van der Waals surface area contributed by atoms with Gasteiger partial charge in [-0.1, -0.05) is 63.1 Å². The number of nitrogens with one attached hydrogen (secondary N) is 1. The molecule has 0 saturated carbocycles. The second kappa shape index (κ2) is 9.85. The first-order chi connectivity index (χ1) is 9.22. The van der Waals surface area contributed by atoms with E-state index in [2.05, 4.69) is 12.2 Å². The Balaban J connectivity index is 2.08. The molecule has 0 spiro atoms. The maximum Gasteiger partial charge on any atom is 0.224 e. The van der Waals surface area contributed by atoms with Gasteiger partial charge < -0.3 is 5.32 Å². The van der Waals surface area contributed by atoms with Crippen LogP contribution < -0.4 is 5.32 Å². The normalized spacial score (nSPS) is 10.4. The molecule has 1 aromatic rings. The van der Waals surface area contributed by atoms with Crippen molar-refractivity contribution in [2.45, 2.75) is 58.3 Å². The monoisotopic (exact) mass is 281 g/mol. The van der Waals surface area contributed by atoms with E-state index >= 15 is 0 Å². The highest BCUT2D eigenvalue weighted by Gasteiger charge is 2.02. The number of anilines is 1. The molecule has 0 aliphatic carbocycles. The highest BCUT2D eigenvalue weighted by Crippen LogP contribution is 2.15. The van der Waals surface area contributed by atoms with Gasteiger partial charge in [-0.3, -0.25) is 4.79 Å². The van der Waals surface area contributed by atoms with Crippen LogP contribution in [0.15, 0.2) is 24.3 Å². The van der Waals surface area contributed by atoms with Crippen LogP contribution in [0.5, 0.6) is 0 Å². The molecule has 106 valence electrons. The molecule has 0 heterocycles. The molecule has 1 aromatic carbocycles. The Morgan fingerprint density at radius 1 is 1.11 bits per heavy atom. The molecule has 0 aliphatic rings. The van der Waals surface area contributed by atoms with Gasteiger partial charge in [0.1, 0.15) is 0 Å². The number of carbonyl (C=O) groups is 1. The van der Waals surface area contributed by atoms with E-state index in [4.69, 9.17) is 11.6 Å². The Bertz CT molecular complexity index is 379. The topological polar surface area (TPSA) is 29.1 Å². The molecule has 1 N–H and O–H groups in total. The van der Waals surface area contributed by atoms with Crippen molar-refractivity contribution in [2.24, 2.45) is 0 Å². The molecular formula is C16H24ClNO. The van der Waals surface area contributed by atoms with E-state index in [9.17, 15) is 4.79 Å². The maximum absolute atomic E-state index is 11.7. The zero-order valence-corrected chi connectivity index (χ0v) is 12.5. The molecule has 0 saturated heterocycles. The Morgan fingerprint density at radius 3 is 2.47 bits per heavy atom. The summed E-state index contributed by atoms with van der Waals surface area (Å²) in [5.41, 5.74) is 0.778. The molecule has 0 aliphatic heterocycles. The van der Waals surface area contributed by atoms with E-state index in [1.807, 2.05) is 12.1 Å². The average molecular weight is 282 g/mol. The lowest BCUT2D eigenvalue weighted by Gasteiger charge is -2.05. The molecule has 0 fully saturated rings. The van der Waals surface area contributed by atoms with Crippen LogP contribution in [0, 0.1) is 0 Å². The summed E-state index contributed by atoms with van der Waals surface area (Å²) >= 11 is 5.86. The molecule has 1 rings (SSSR count). The first-order valence-corrected chi connectivity index (χ1v) is 7.65. The minimum atomic E-state index is 0.0795. The summed E-state index contributed by atoms with van der Waals surface area (Å²) in [7, 11) is 0. The van der Waals surface area contributed by atoms with Crippen molar-refractivity contribution in [3.63, 3.8) is 0 Å². The maximum atomic E-state index is 11.7. The number of amides is 1. The molecule has 2 nitrogen and oxygen atoms in total. The van der Waals surface area contributed by atoms with Crippen molar-refractivity contribution in [3.8, 4) is 0 Å². The highest BCUT2D eigenvalue weighted by atomic mass is 35.5. The highest BCUT2D eigenvalue weighted by molar-refractivity contribution is 6.30. The number of benzene rings is 1. The first-order valence-electron chi connectivity index (χ1n) is 7.28. The Hall–Kier alpha value is -1.02. The Labute approximate surface area is 121 Å². The Morgan fingerprint density at radius 2 is 1.79 bits per heavy atom. The van der Waals surface area contributed by atoms with Crippen LogP contribution in [0.2, 0.25) is 5.02 Å². The zero-order chi connectivity index (χ0) is 13.9. The van der Waals surface area contributed by atoms with Crippen molar-refractivity contribution in [2.75, 3.05) is 5.32 Å². The molecular weight excluding hydrogens is 258 g/mol.